The molecule has 0 radical (unpaired) electrons. The lowest BCUT2D eigenvalue weighted by atomic mass is 9.81. The third-order valence-corrected chi connectivity index (χ3v) is 6.70. The van der Waals surface area contributed by atoms with Crippen LogP contribution >= 0.6 is 0 Å². The predicted octanol–water partition coefficient (Wildman–Crippen LogP) is 2.71. The van der Waals surface area contributed by atoms with E-state index < -0.39 is 12.1 Å². The number of nitrogens with zero attached hydrogens (tertiary/aromatic N) is 1. The van der Waals surface area contributed by atoms with E-state index in [0.29, 0.717) is 18.6 Å². The maximum atomic E-state index is 12.8. The van der Waals surface area contributed by atoms with Crippen molar-refractivity contribution >= 4 is 12.0 Å². The third kappa shape index (κ3) is 5.05. The average Bonchev–Trinajstić information content (AvgIpc) is 3.19. The lowest BCUT2D eigenvalue weighted by Crippen LogP contribution is -2.60. The van der Waals surface area contributed by atoms with Crippen LogP contribution in [0.15, 0.2) is 0 Å². The minimum atomic E-state index is -0.592. The molecule has 7 nitrogen and oxygen atoms in total. The summed E-state index contributed by atoms with van der Waals surface area (Å²) in [6, 6.07) is 0.318. The molecule has 0 aromatic rings. The van der Waals surface area contributed by atoms with Crippen LogP contribution in [0.5, 0.6) is 0 Å². The van der Waals surface area contributed by atoms with Crippen LogP contribution in [0.4, 0.5) is 4.79 Å². The number of methoxy groups -OCH3 is 1. The fraction of sp³-hybridized carbons (Fsp3) is 0.909. The lowest BCUT2D eigenvalue weighted by Gasteiger charge is -2.47. The van der Waals surface area contributed by atoms with Gasteiger partial charge in [0.1, 0.15) is 6.04 Å². The first-order chi connectivity index (χ1) is 13.3. The van der Waals surface area contributed by atoms with Gasteiger partial charge in [0.05, 0.1) is 12.8 Å². The highest BCUT2D eigenvalue weighted by atomic mass is 16.5. The van der Waals surface area contributed by atoms with E-state index >= 15 is 0 Å². The van der Waals surface area contributed by atoms with E-state index in [4.69, 9.17) is 0 Å². The van der Waals surface area contributed by atoms with Gasteiger partial charge in [0, 0.05) is 24.0 Å². The van der Waals surface area contributed by atoms with E-state index in [9.17, 15) is 9.59 Å². The second-order valence-electron chi connectivity index (χ2n) is 10.7. The number of piperidine rings is 1. The Hall–Kier alpha value is -1.34. The summed E-state index contributed by atoms with van der Waals surface area (Å²) in [6.07, 6.45) is 1.60. The summed E-state index contributed by atoms with van der Waals surface area (Å²) in [7, 11) is 1.31. The molecule has 168 valence electrons. The average molecular weight is 411 g/mol. The zero-order valence-electron chi connectivity index (χ0n) is 19.8. The highest BCUT2D eigenvalue weighted by Crippen LogP contribution is 2.63. The largest absolute Gasteiger partial charge is 0.453 e. The molecule has 4 atom stereocenters. The van der Waals surface area contributed by atoms with Crippen molar-refractivity contribution in [3.63, 3.8) is 0 Å². The van der Waals surface area contributed by atoms with Gasteiger partial charge in [0.2, 0.25) is 5.91 Å². The Kier molecular flexibility index (Phi) is 6.95. The summed E-state index contributed by atoms with van der Waals surface area (Å²) < 4.78 is 4.67. The summed E-state index contributed by atoms with van der Waals surface area (Å²) in [5.41, 5.74) is 0.184. The predicted molar refractivity (Wildman–Crippen MR) is 115 cm³/mol. The molecule has 1 unspecified atom stereocenters. The normalized spacial score (nSPS) is 28.1. The van der Waals surface area contributed by atoms with Gasteiger partial charge in [-0.25, -0.2) is 4.79 Å². The van der Waals surface area contributed by atoms with Gasteiger partial charge in [-0.05, 0) is 44.6 Å². The SMILES string of the molecule is CCNC(C)(C)N1C2C[C@]2(CNC(=O)[C@@H](NC(=O)OC)C(C)C)C[C@H]1C(C)(C)C. The second kappa shape index (κ2) is 8.42. The van der Waals surface area contributed by atoms with Crippen molar-refractivity contribution < 1.29 is 14.3 Å². The van der Waals surface area contributed by atoms with Crippen LogP contribution in [-0.2, 0) is 9.53 Å². The molecule has 0 aromatic heterocycles. The standard InChI is InChI=1S/C22H42N4O3/c1-10-24-21(7,8)26-15(20(4,5)6)11-22(12-16(22)26)13-23-18(27)17(14(2)3)25-19(28)29-9/h14-17,24H,10-13H2,1-9H3,(H,23,27)(H,25,28)/t15-,16?,17-,22-/m0/s1. The molecular weight excluding hydrogens is 368 g/mol. The zero-order chi connectivity index (χ0) is 22.2. The molecule has 0 bridgehead atoms. The van der Waals surface area contributed by atoms with Gasteiger partial charge in [-0.2, -0.15) is 0 Å². The number of carbonyl (C=O) groups excluding carboxylic acids is 2. The van der Waals surface area contributed by atoms with Crippen LogP contribution in [0.2, 0.25) is 0 Å². The van der Waals surface area contributed by atoms with Crippen molar-refractivity contribution in [1.82, 2.24) is 20.9 Å². The maximum Gasteiger partial charge on any atom is 0.407 e. The molecular formula is C22H42N4O3. The molecule has 0 spiro atoms. The molecule has 2 rings (SSSR count). The van der Waals surface area contributed by atoms with Gasteiger partial charge in [-0.1, -0.05) is 41.5 Å². The van der Waals surface area contributed by atoms with Gasteiger partial charge >= 0.3 is 6.09 Å². The quantitative estimate of drug-likeness (QED) is 0.573. The molecule has 1 saturated heterocycles. The molecule has 0 aromatic carbocycles. The summed E-state index contributed by atoms with van der Waals surface area (Å²) in [5.74, 6) is -0.154. The van der Waals surface area contributed by atoms with Gasteiger partial charge in [-0.15, -0.1) is 0 Å². The number of nitrogens with one attached hydrogen (secondary N) is 3. The van der Waals surface area contributed by atoms with Crippen LogP contribution < -0.4 is 16.0 Å². The Morgan fingerprint density at radius 3 is 2.28 bits per heavy atom. The fourth-order valence-electron chi connectivity index (χ4n) is 5.02. The highest BCUT2D eigenvalue weighted by molar-refractivity contribution is 5.85. The van der Waals surface area contributed by atoms with Crippen molar-refractivity contribution in [2.45, 2.75) is 92.0 Å². The first-order valence-electron chi connectivity index (χ1n) is 10.9. The highest BCUT2D eigenvalue weighted by Gasteiger charge is 2.68. The summed E-state index contributed by atoms with van der Waals surface area (Å²) >= 11 is 0. The Morgan fingerprint density at radius 1 is 1.17 bits per heavy atom. The molecule has 1 aliphatic heterocycles. The summed E-state index contributed by atoms with van der Waals surface area (Å²) in [6.45, 7) is 19.0. The van der Waals surface area contributed by atoms with Crippen molar-refractivity contribution in [2.24, 2.45) is 16.7 Å². The Morgan fingerprint density at radius 2 is 1.79 bits per heavy atom. The van der Waals surface area contributed by atoms with Crippen LogP contribution in [0.25, 0.3) is 0 Å². The smallest absolute Gasteiger partial charge is 0.407 e. The first kappa shape index (κ1) is 23.9. The van der Waals surface area contributed by atoms with Crippen molar-refractivity contribution in [3.8, 4) is 0 Å². The van der Waals surface area contributed by atoms with E-state index in [0.717, 1.165) is 19.4 Å². The molecule has 2 fully saturated rings. The minimum Gasteiger partial charge on any atom is -0.453 e. The van der Waals surface area contributed by atoms with Crippen LogP contribution in [0.1, 0.15) is 68.2 Å². The molecule has 1 saturated carbocycles. The summed E-state index contributed by atoms with van der Waals surface area (Å²) in [4.78, 5) is 27.1. The maximum absolute atomic E-state index is 12.8. The van der Waals surface area contributed by atoms with Crippen molar-refractivity contribution in [1.29, 1.82) is 0 Å². The van der Waals surface area contributed by atoms with Crippen molar-refractivity contribution in [3.05, 3.63) is 0 Å². The number of hydrogen-bond acceptors (Lipinski definition) is 5. The second-order valence-corrected chi connectivity index (χ2v) is 10.7. The van der Waals surface area contributed by atoms with Crippen LogP contribution in [0.3, 0.4) is 0 Å². The number of rotatable bonds is 8. The first-order valence-corrected chi connectivity index (χ1v) is 10.9. The Labute approximate surface area is 176 Å². The number of ether oxygens (including phenoxy) is 1. The number of amides is 2. The van der Waals surface area contributed by atoms with Crippen LogP contribution in [0, 0.1) is 16.7 Å². The van der Waals surface area contributed by atoms with E-state index in [1.165, 1.54) is 7.11 Å². The van der Waals surface area contributed by atoms with E-state index in [-0.39, 0.29) is 28.3 Å². The van der Waals surface area contributed by atoms with E-state index in [1.54, 1.807) is 0 Å². The molecule has 1 heterocycles. The van der Waals surface area contributed by atoms with Gasteiger partial charge in [-0.3, -0.25) is 15.0 Å². The summed E-state index contributed by atoms with van der Waals surface area (Å²) in [5, 5.41) is 9.44. The third-order valence-electron chi connectivity index (χ3n) is 6.70. The van der Waals surface area contributed by atoms with Gasteiger partial charge in [0.25, 0.3) is 0 Å². The van der Waals surface area contributed by atoms with Crippen molar-refractivity contribution in [2.75, 3.05) is 20.2 Å². The molecule has 3 N–H and O–H groups in total. The van der Waals surface area contributed by atoms with E-state index in [1.807, 2.05) is 13.8 Å². The molecule has 2 aliphatic rings. The number of fused-ring (bicyclic) bond motifs is 1. The molecule has 2 amide bonds. The molecule has 1 aliphatic carbocycles. The number of carbonyl (C=O) groups is 2. The van der Waals surface area contributed by atoms with Crippen LogP contribution in [-0.4, -0.2) is 60.9 Å². The monoisotopic (exact) mass is 410 g/mol. The van der Waals surface area contributed by atoms with Gasteiger partial charge < -0.3 is 15.4 Å². The fourth-order valence-corrected chi connectivity index (χ4v) is 5.02. The van der Waals surface area contributed by atoms with Gasteiger partial charge in [0.15, 0.2) is 0 Å². The number of likely N-dealkylation sites (tertiary alicyclic amines) is 1. The minimum absolute atomic E-state index is 0.0170. The Balaban J connectivity index is 2.10. The zero-order valence-corrected chi connectivity index (χ0v) is 19.8. The lowest BCUT2D eigenvalue weighted by molar-refractivity contribution is -0.124. The van der Waals surface area contributed by atoms with E-state index in [2.05, 4.69) is 67.1 Å². The topological polar surface area (TPSA) is 82.7 Å². The number of alkyl carbamates (subject to hydrolysis) is 1. The molecule has 7 heteroatoms. The Bertz CT molecular complexity index is 614. The number of hydrogen-bond donors (Lipinski definition) is 3. The molecule has 29 heavy (non-hydrogen) atoms.